The van der Waals surface area contributed by atoms with Gasteiger partial charge in [-0.15, -0.1) is 0 Å². The minimum atomic E-state index is -0.664. The Kier molecular flexibility index (Phi) is 4.74. The van der Waals surface area contributed by atoms with Gasteiger partial charge >= 0.3 is 6.09 Å². The molecule has 0 radical (unpaired) electrons. The number of amides is 1. The van der Waals surface area contributed by atoms with Crippen molar-refractivity contribution in [3.8, 4) is 0 Å². The molecule has 0 fully saturated rings. The van der Waals surface area contributed by atoms with Gasteiger partial charge < -0.3 is 0 Å². The molecule has 0 spiro atoms. The molecular formula is C15H13ClN2O2. The lowest BCUT2D eigenvalue weighted by atomic mass is 10.1. The van der Waals surface area contributed by atoms with Crippen LogP contribution >= 0.6 is 11.6 Å². The van der Waals surface area contributed by atoms with Crippen molar-refractivity contribution >= 4 is 29.1 Å². The van der Waals surface area contributed by atoms with E-state index in [1.165, 1.54) is 0 Å². The maximum Gasteiger partial charge on any atom is 0.437 e. The van der Waals surface area contributed by atoms with Gasteiger partial charge in [-0.05, 0) is 30.7 Å². The molecule has 0 unspecified atom stereocenters. The highest BCUT2D eigenvalue weighted by atomic mass is 35.5. The van der Waals surface area contributed by atoms with E-state index in [2.05, 4.69) is 10.5 Å². The number of nitrogens with one attached hydrogen (secondary N) is 1. The molecule has 2 aromatic rings. The molecular weight excluding hydrogens is 276 g/mol. The Labute approximate surface area is 122 Å². The lowest BCUT2D eigenvalue weighted by molar-refractivity contribution is 0.166. The largest absolute Gasteiger partial charge is 0.437 e. The van der Waals surface area contributed by atoms with Crippen molar-refractivity contribution < 1.29 is 9.63 Å². The molecule has 0 aliphatic rings. The van der Waals surface area contributed by atoms with E-state index in [9.17, 15) is 4.79 Å². The SMILES string of the molecule is C/C(=N/OC(=O)Nc1cccc(Cl)c1)c1ccccc1. The summed E-state index contributed by atoms with van der Waals surface area (Å²) in [6.07, 6.45) is -0.664. The molecule has 0 aliphatic carbocycles. The van der Waals surface area contributed by atoms with Crippen molar-refractivity contribution in [1.29, 1.82) is 0 Å². The summed E-state index contributed by atoms with van der Waals surface area (Å²) in [5.74, 6) is 0. The van der Waals surface area contributed by atoms with Crippen molar-refractivity contribution in [2.45, 2.75) is 6.92 Å². The molecule has 102 valence electrons. The van der Waals surface area contributed by atoms with Gasteiger partial charge in [0.15, 0.2) is 0 Å². The average Bonchev–Trinajstić information content (AvgIpc) is 2.46. The van der Waals surface area contributed by atoms with Gasteiger partial charge in [0.2, 0.25) is 0 Å². The molecule has 4 nitrogen and oxygen atoms in total. The predicted octanol–water partition coefficient (Wildman–Crippen LogP) is 4.31. The number of hydrogen-bond donors (Lipinski definition) is 1. The van der Waals surface area contributed by atoms with Crippen molar-refractivity contribution in [3.63, 3.8) is 0 Å². The number of carbonyl (C=O) groups is 1. The minimum Gasteiger partial charge on any atom is -0.298 e. The summed E-state index contributed by atoms with van der Waals surface area (Å²) in [5.41, 5.74) is 2.06. The topological polar surface area (TPSA) is 50.7 Å². The van der Waals surface area contributed by atoms with Gasteiger partial charge in [-0.1, -0.05) is 53.2 Å². The number of hydrogen-bond acceptors (Lipinski definition) is 3. The van der Waals surface area contributed by atoms with Crippen LogP contribution in [0.25, 0.3) is 0 Å². The van der Waals surface area contributed by atoms with Crippen molar-refractivity contribution in [3.05, 3.63) is 65.2 Å². The highest BCUT2D eigenvalue weighted by Gasteiger charge is 2.04. The molecule has 1 N–H and O–H groups in total. The molecule has 0 heterocycles. The zero-order valence-corrected chi connectivity index (χ0v) is 11.6. The summed E-state index contributed by atoms with van der Waals surface area (Å²) in [6.45, 7) is 1.77. The highest BCUT2D eigenvalue weighted by molar-refractivity contribution is 6.30. The molecule has 0 aliphatic heterocycles. The normalized spacial score (nSPS) is 11.0. The summed E-state index contributed by atoms with van der Waals surface area (Å²) in [5, 5.41) is 6.86. The first kappa shape index (κ1) is 14.1. The summed E-state index contributed by atoms with van der Waals surface area (Å²) in [7, 11) is 0. The Morgan fingerprint density at radius 2 is 1.90 bits per heavy atom. The molecule has 5 heteroatoms. The molecule has 0 saturated carbocycles. The molecule has 20 heavy (non-hydrogen) atoms. The number of oxime groups is 1. The van der Waals surface area contributed by atoms with Crippen LogP contribution in [0.15, 0.2) is 59.8 Å². The standard InChI is InChI=1S/C15H13ClN2O2/c1-11(12-6-3-2-4-7-12)18-20-15(19)17-14-9-5-8-13(16)10-14/h2-10H,1H3,(H,17,19)/b18-11-. The Morgan fingerprint density at radius 1 is 1.15 bits per heavy atom. The van der Waals surface area contributed by atoms with Gasteiger partial charge in [-0.3, -0.25) is 10.2 Å². The van der Waals surface area contributed by atoms with Gasteiger partial charge in [0.1, 0.15) is 0 Å². The highest BCUT2D eigenvalue weighted by Crippen LogP contribution is 2.15. The number of rotatable bonds is 3. The minimum absolute atomic E-state index is 0.534. The van der Waals surface area contributed by atoms with E-state index in [1.807, 2.05) is 30.3 Å². The van der Waals surface area contributed by atoms with Crippen LogP contribution in [0, 0.1) is 0 Å². The average molecular weight is 289 g/mol. The van der Waals surface area contributed by atoms with E-state index in [-0.39, 0.29) is 0 Å². The maximum absolute atomic E-state index is 11.6. The third kappa shape index (κ3) is 4.10. The number of halogens is 1. The third-order valence-corrected chi connectivity index (χ3v) is 2.76. The van der Waals surface area contributed by atoms with Crippen LogP contribution in [0.3, 0.4) is 0 Å². The number of carbonyl (C=O) groups excluding carboxylic acids is 1. The van der Waals surface area contributed by atoms with E-state index < -0.39 is 6.09 Å². The quantitative estimate of drug-likeness (QED) is 0.520. The van der Waals surface area contributed by atoms with E-state index in [4.69, 9.17) is 16.4 Å². The van der Waals surface area contributed by atoms with E-state index in [1.54, 1.807) is 31.2 Å². The fourth-order valence-electron chi connectivity index (χ4n) is 1.55. The van der Waals surface area contributed by atoms with E-state index in [0.717, 1.165) is 5.56 Å². The predicted molar refractivity (Wildman–Crippen MR) is 80.2 cm³/mol. The molecule has 2 rings (SSSR count). The first-order valence-corrected chi connectivity index (χ1v) is 6.36. The fourth-order valence-corrected chi connectivity index (χ4v) is 1.74. The summed E-state index contributed by atoms with van der Waals surface area (Å²) >= 11 is 5.82. The number of anilines is 1. The Hall–Kier alpha value is -2.33. The van der Waals surface area contributed by atoms with Crippen molar-refractivity contribution in [1.82, 2.24) is 0 Å². The lowest BCUT2D eigenvalue weighted by Crippen LogP contribution is -2.11. The van der Waals surface area contributed by atoms with Crippen LogP contribution < -0.4 is 5.32 Å². The zero-order chi connectivity index (χ0) is 14.4. The Morgan fingerprint density at radius 3 is 2.60 bits per heavy atom. The number of nitrogens with zero attached hydrogens (tertiary/aromatic N) is 1. The maximum atomic E-state index is 11.6. The van der Waals surface area contributed by atoms with Crippen molar-refractivity contribution in [2.75, 3.05) is 5.32 Å². The second-order valence-electron chi connectivity index (χ2n) is 4.06. The van der Waals surface area contributed by atoms with Crippen LogP contribution in [0.1, 0.15) is 12.5 Å². The van der Waals surface area contributed by atoms with E-state index in [0.29, 0.717) is 16.4 Å². The number of benzene rings is 2. The van der Waals surface area contributed by atoms with Gasteiger partial charge in [0.25, 0.3) is 0 Å². The second kappa shape index (κ2) is 6.73. The second-order valence-corrected chi connectivity index (χ2v) is 4.49. The molecule has 0 atom stereocenters. The summed E-state index contributed by atoms with van der Waals surface area (Å²) in [6, 6.07) is 16.2. The summed E-state index contributed by atoms with van der Waals surface area (Å²) < 4.78 is 0. The van der Waals surface area contributed by atoms with Crippen molar-refractivity contribution in [2.24, 2.45) is 5.16 Å². The monoisotopic (exact) mass is 288 g/mol. The van der Waals surface area contributed by atoms with Crippen LogP contribution in [-0.2, 0) is 4.84 Å². The summed E-state index contributed by atoms with van der Waals surface area (Å²) in [4.78, 5) is 16.4. The lowest BCUT2D eigenvalue weighted by Gasteiger charge is -2.04. The molecule has 2 aromatic carbocycles. The molecule has 0 aromatic heterocycles. The third-order valence-electron chi connectivity index (χ3n) is 2.53. The van der Waals surface area contributed by atoms with Crippen LogP contribution in [0.4, 0.5) is 10.5 Å². The zero-order valence-electron chi connectivity index (χ0n) is 10.8. The molecule has 0 saturated heterocycles. The van der Waals surface area contributed by atoms with E-state index >= 15 is 0 Å². The Balaban J connectivity index is 1.95. The van der Waals surface area contributed by atoms with Crippen LogP contribution in [0.2, 0.25) is 5.02 Å². The first-order valence-electron chi connectivity index (χ1n) is 5.99. The smallest absolute Gasteiger partial charge is 0.298 e. The van der Waals surface area contributed by atoms with Gasteiger partial charge in [0, 0.05) is 10.7 Å². The fraction of sp³-hybridized carbons (Fsp3) is 0.0667. The van der Waals surface area contributed by atoms with Crippen LogP contribution in [-0.4, -0.2) is 11.8 Å². The van der Waals surface area contributed by atoms with Crippen LogP contribution in [0.5, 0.6) is 0 Å². The molecule has 0 bridgehead atoms. The van der Waals surface area contributed by atoms with Gasteiger partial charge in [-0.25, -0.2) is 4.79 Å². The van der Waals surface area contributed by atoms with Gasteiger partial charge in [-0.2, -0.15) is 0 Å². The Bertz CT molecular complexity index is 627. The molecule has 1 amide bonds. The van der Waals surface area contributed by atoms with Gasteiger partial charge in [0.05, 0.1) is 5.71 Å². The first-order chi connectivity index (χ1) is 9.65.